The van der Waals surface area contributed by atoms with Crippen LogP contribution in [0.15, 0.2) is 0 Å². The van der Waals surface area contributed by atoms with Gasteiger partial charge in [0.05, 0.1) is 5.92 Å². The van der Waals surface area contributed by atoms with Crippen LogP contribution in [0.2, 0.25) is 0 Å². The molecule has 0 unspecified atom stereocenters. The third-order valence-corrected chi connectivity index (χ3v) is 4.73. The van der Waals surface area contributed by atoms with Crippen molar-refractivity contribution in [3.05, 3.63) is 10.1 Å². The van der Waals surface area contributed by atoms with Crippen molar-refractivity contribution in [2.45, 2.75) is 46.1 Å². The monoisotopic (exact) mass is 225 g/mol. The normalized spacial score (nSPS) is 38.1. The SMILES string of the molecule is CCC(C)(C)[C@@H]1CCC(=O)[C@@H]2[C@H]1[C@H]2[N+](=O)[O-]. The third-order valence-electron chi connectivity index (χ3n) is 4.73. The molecular weight excluding hydrogens is 206 g/mol. The fourth-order valence-electron chi connectivity index (χ4n) is 3.31. The highest BCUT2D eigenvalue weighted by Gasteiger charge is 2.69. The highest BCUT2D eigenvalue weighted by atomic mass is 16.6. The summed E-state index contributed by atoms with van der Waals surface area (Å²) >= 11 is 0. The standard InChI is InChI=1S/C12H19NO3/c1-4-12(2,3)7-5-6-8(14)10-9(7)11(10)13(15)16/h7,9-11H,4-6H2,1-3H3/t7-,9+,10-,11-/m1/s1. The van der Waals surface area contributed by atoms with Crippen LogP contribution in [0, 0.1) is 33.3 Å². The smallest absolute Gasteiger partial charge is 0.227 e. The van der Waals surface area contributed by atoms with Gasteiger partial charge in [0, 0.05) is 17.3 Å². The second-order valence-corrected chi connectivity index (χ2v) is 5.83. The number of hydrogen-bond acceptors (Lipinski definition) is 3. The van der Waals surface area contributed by atoms with Gasteiger partial charge in [-0.05, 0) is 17.8 Å². The Bertz CT molecular complexity index is 333. The molecule has 0 aromatic carbocycles. The molecule has 4 heteroatoms. The van der Waals surface area contributed by atoms with Crippen LogP contribution in [-0.4, -0.2) is 16.7 Å². The summed E-state index contributed by atoms with van der Waals surface area (Å²) in [7, 11) is 0. The lowest BCUT2D eigenvalue weighted by atomic mass is 9.69. The summed E-state index contributed by atoms with van der Waals surface area (Å²) in [5.41, 5.74) is 0.119. The van der Waals surface area contributed by atoms with Crippen molar-refractivity contribution >= 4 is 5.78 Å². The van der Waals surface area contributed by atoms with Crippen molar-refractivity contribution < 1.29 is 9.72 Å². The maximum absolute atomic E-state index is 11.6. The minimum absolute atomic E-state index is 0.0196. The maximum atomic E-state index is 11.6. The lowest BCUT2D eigenvalue weighted by molar-refractivity contribution is -0.501. The molecule has 2 aliphatic carbocycles. The van der Waals surface area contributed by atoms with E-state index in [1.165, 1.54) is 0 Å². The van der Waals surface area contributed by atoms with Crippen LogP contribution >= 0.6 is 0 Å². The molecular formula is C12H19NO3. The van der Waals surface area contributed by atoms with Crippen LogP contribution < -0.4 is 0 Å². The molecule has 4 nitrogen and oxygen atoms in total. The average molecular weight is 225 g/mol. The van der Waals surface area contributed by atoms with E-state index in [0.29, 0.717) is 12.3 Å². The number of nitrogens with zero attached hydrogens (tertiary/aromatic N) is 1. The molecule has 4 atom stereocenters. The summed E-state index contributed by atoms with van der Waals surface area (Å²) in [5, 5.41) is 10.9. The Morgan fingerprint density at radius 1 is 1.50 bits per heavy atom. The van der Waals surface area contributed by atoms with Gasteiger partial charge >= 0.3 is 0 Å². The number of nitro groups is 1. The van der Waals surface area contributed by atoms with Crippen molar-refractivity contribution in [2.75, 3.05) is 0 Å². The lowest BCUT2D eigenvalue weighted by Gasteiger charge is -2.35. The summed E-state index contributed by atoms with van der Waals surface area (Å²) in [6, 6.07) is -0.578. The Balaban J connectivity index is 2.20. The van der Waals surface area contributed by atoms with Gasteiger partial charge in [-0.25, -0.2) is 0 Å². The first-order valence-electron chi connectivity index (χ1n) is 6.06. The first kappa shape index (κ1) is 11.6. The summed E-state index contributed by atoms with van der Waals surface area (Å²) in [6.45, 7) is 6.45. The molecule has 0 heterocycles. The van der Waals surface area contributed by atoms with E-state index in [-0.39, 0.29) is 28.0 Å². The largest absolute Gasteiger partial charge is 0.299 e. The Morgan fingerprint density at radius 2 is 2.12 bits per heavy atom. The zero-order valence-electron chi connectivity index (χ0n) is 10.1. The number of carbonyl (C=O) groups excluding carboxylic acids is 1. The van der Waals surface area contributed by atoms with Gasteiger partial charge in [0.1, 0.15) is 5.78 Å². The summed E-state index contributed by atoms with van der Waals surface area (Å²) < 4.78 is 0. The molecule has 0 saturated heterocycles. The highest BCUT2D eigenvalue weighted by molar-refractivity contribution is 5.86. The fourth-order valence-corrected chi connectivity index (χ4v) is 3.31. The Morgan fingerprint density at radius 3 is 2.62 bits per heavy atom. The second kappa shape index (κ2) is 3.54. The van der Waals surface area contributed by atoms with E-state index < -0.39 is 6.04 Å². The van der Waals surface area contributed by atoms with Crippen molar-refractivity contribution in [2.24, 2.45) is 23.2 Å². The van der Waals surface area contributed by atoms with Crippen LogP contribution in [0.4, 0.5) is 0 Å². The molecule has 0 aromatic heterocycles. The van der Waals surface area contributed by atoms with E-state index in [0.717, 1.165) is 12.8 Å². The molecule has 2 rings (SSSR count). The van der Waals surface area contributed by atoms with Crippen molar-refractivity contribution in [1.82, 2.24) is 0 Å². The van der Waals surface area contributed by atoms with Gasteiger partial charge in [0.25, 0.3) is 0 Å². The predicted molar refractivity (Wildman–Crippen MR) is 59.6 cm³/mol. The molecule has 0 aromatic rings. The van der Waals surface area contributed by atoms with Crippen LogP contribution in [0.5, 0.6) is 0 Å². The predicted octanol–water partition coefficient (Wildman–Crippen LogP) is 2.29. The van der Waals surface area contributed by atoms with Crippen LogP contribution in [0.1, 0.15) is 40.0 Å². The molecule has 0 bridgehead atoms. The molecule has 0 N–H and O–H groups in total. The molecule has 2 fully saturated rings. The van der Waals surface area contributed by atoms with Gasteiger partial charge in [-0.15, -0.1) is 0 Å². The average Bonchev–Trinajstić information content (AvgIpc) is 2.93. The van der Waals surface area contributed by atoms with Gasteiger partial charge in [-0.2, -0.15) is 0 Å². The molecule has 90 valence electrons. The third kappa shape index (κ3) is 1.55. The number of carbonyl (C=O) groups is 1. The fraction of sp³-hybridized carbons (Fsp3) is 0.917. The van der Waals surface area contributed by atoms with E-state index >= 15 is 0 Å². The number of Topliss-reactive ketones (excluding diaryl/α,β-unsaturated/α-hetero) is 1. The van der Waals surface area contributed by atoms with Crippen LogP contribution in [0.3, 0.4) is 0 Å². The molecule has 2 saturated carbocycles. The summed E-state index contributed by atoms with van der Waals surface area (Å²) in [6.07, 6.45) is 2.39. The summed E-state index contributed by atoms with van der Waals surface area (Å²) in [4.78, 5) is 22.3. The van der Waals surface area contributed by atoms with E-state index in [9.17, 15) is 14.9 Å². The summed E-state index contributed by atoms with van der Waals surface area (Å²) in [5.74, 6) is 0.219. The second-order valence-electron chi connectivity index (χ2n) is 5.83. The first-order valence-corrected chi connectivity index (χ1v) is 6.06. The molecule has 0 amide bonds. The van der Waals surface area contributed by atoms with Crippen molar-refractivity contribution in [1.29, 1.82) is 0 Å². The molecule has 0 aliphatic heterocycles. The van der Waals surface area contributed by atoms with Crippen LogP contribution in [-0.2, 0) is 4.79 Å². The maximum Gasteiger partial charge on any atom is 0.227 e. The van der Waals surface area contributed by atoms with E-state index in [1.54, 1.807) is 0 Å². The number of rotatable bonds is 3. The van der Waals surface area contributed by atoms with Gasteiger partial charge in [0.2, 0.25) is 6.04 Å². The van der Waals surface area contributed by atoms with Gasteiger partial charge in [-0.3, -0.25) is 14.9 Å². The minimum atomic E-state index is -0.578. The Labute approximate surface area is 95.6 Å². The van der Waals surface area contributed by atoms with E-state index in [1.807, 2.05) is 0 Å². The number of hydrogen-bond donors (Lipinski definition) is 0. The topological polar surface area (TPSA) is 60.2 Å². The van der Waals surface area contributed by atoms with Crippen molar-refractivity contribution in [3.8, 4) is 0 Å². The number of fused-ring (bicyclic) bond motifs is 1. The van der Waals surface area contributed by atoms with Gasteiger partial charge < -0.3 is 0 Å². The van der Waals surface area contributed by atoms with Crippen molar-refractivity contribution in [3.63, 3.8) is 0 Å². The Kier molecular flexibility index (Phi) is 2.55. The molecule has 0 radical (unpaired) electrons. The molecule has 2 aliphatic rings. The first-order chi connectivity index (χ1) is 7.40. The van der Waals surface area contributed by atoms with Gasteiger partial charge in [-0.1, -0.05) is 27.2 Å². The molecule has 16 heavy (non-hydrogen) atoms. The lowest BCUT2D eigenvalue weighted by Crippen LogP contribution is -2.30. The van der Waals surface area contributed by atoms with Crippen LogP contribution in [0.25, 0.3) is 0 Å². The quantitative estimate of drug-likeness (QED) is 0.547. The number of ketones is 1. The van der Waals surface area contributed by atoms with E-state index in [2.05, 4.69) is 20.8 Å². The van der Waals surface area contributed by atoms with Gasteiger partial charge in [0.15, 0.2) is 0 Å². The Hall–Kier alpha value is -0.930. The zero-order valence-corrected chi connectivity index (χ0v) is 10.1. The highest BCUT2D eigenvalue weighted by Crippen LogP contribution is 2.58. The molecule has 0 spiro atoms. The minimum Gasteiger partial charge on any atom is -0.299 e. The van der Waals surface area contributed by atoms with E-state index in [4.69, 9.17) is 0 Å². The zero-order chi connectivity index (χ0) is 12.1.